The van der Waals surface area contributed by atoms with Crippen molar-refractivity contribution in [1.82, 2.24) is 26.9 Å². The highest BCUT2D eigenvalue weighted by atomic mass is 16.8. The Bertz CT molecular complexity index is 1140. The SMILES string of the molecule is CO[C@@H]1C(OC=O)OC(O)C(NC(C)=O)[C@H]1COC=O.CO[C@@H]1C(OC=O)O[C@@H](NNC(=O)CCCCC(=O)NN)C(NC(C)=O)[C@H]1COC=O. The van der Waals surface area contributed by atoms with Gasteiger partial charge in [0.25, 0.3) is 25.9 Å². The third-order valence-corrected chi connectivity index (χ3v) is 7.44. The highest BCUT2D eigenvalue weighted by Gasteiger charge is 2.49. The van der Waals surface area contributed by atoms with E-state index in [0.717, 1.165) is 0 Å². The summed E-state index contributed by atoms with van der Waals surface area (Å²) in [5, 5.41) is 15.0. The molecule has 0 spiro atoms. The van der Waals surface area contributed by atoms with Crippen molar-refractivity contribution in [2.45, 2.75) is 88.9 Å². The summed E-state index contributed by atoms with van der Waals surface area (Å²) < 4.78 is 40.3. The Labute approximate surface area is 292 Å². The standard InChI is InChI=1S/C17H29N5O9.C11H17NO8/c1-10(25)19-14-11(7-29-8-23)15(28-2)17(30-9-24)31-16(14)22-21-13(27)6-4-3-5-12(26)20-18;1-6(15)12-8-7(3-18-4-13)9(17-2)11(19-5-14)20-10(8)16/h8-9,11,14-17,22H,3-7,18H2,1-2H3,(H,19,25)(H,20,26)(H,21,27);4-5,7-11,16H,3H2,1-2H3,(H,12,15)/t11-,14?,15+,16-,17?;7-,8?,9+,10?,11?/m11/s1. The zero-order valence-electron chi connectivity index (χ0n) is 28.4. The van der Waals surface area contributed by atoms with Crippen molar-refractivity contribution in [2.75, 3.05) is 27.4 Å². The molecule has 0 aromatic rings. The number of methoxy groups -OCH3 is 2. The first-order valence-corrected chi connectivity index (χ1v) is 15.3. The molecule has 2 saturated heterocycles. The van der Waals surface area contributed by atoms with E-state index in [-0.39, 0.29) is 57.9 Å². The molecule has 0 aromatic carbocycles. The second-order valence-electron chi connectivity index (χ2n) is 10.8. The topological polar surface area (TPSA) is 317 Å². The Morgan fingerprint density at radius 3 is 1.65 bits per heavy atom. The van der Waals surface area contributed by atoms with Crippen LogP contribution in [0.3, 0.4) is 0 Å². The summed E-state index contributed by atoms with van der Waals surface area (Å²) in [5.41, 5.74) is 7.09. The van der Waals surface area contributed by atoms with Crippen molar-refractivity contribution in [2.24, 2.45) is 17.7 Å². The van der Waals surface area contributed by atoms with Crippen molar-refractivity contribution < 1.29 is 81.4 Å². The van der Waals surface area contributed by atoms with Crippen LogP contribution in [-0.2, 0) is 76.3 Å². The molecular formula is C28H46N6O17. The van der Waals surface area contributed by atoms with Crippen molar-refractivity contribution >= 4 is 49.5 Å². The fraction of sp³-hybridized carbons (Fsp3) is 0.714. The van der Waals surface area contributed by atoms with E-state index < -0.39 is 78.9 Å². The van der Waals surface area contributed by atoms with Gasteiger partial charge in [-0.1, -0.05) is 0 Å². The zero-order valence-corrected chi connectivity index (χ0v) is 28.4. The number of rotatable bonds is 21. The first-order valence-electron chi connectivity index (χ1n) is 15.3. The molecule has 2 rings (SSSR count). The van der Waals surface area contributed by atoms with E-state index in [1.54, 1.807) is 0 Å². The third kappa shape index (κ3) is 15.1. The van der Waals surface area contributed by atoms with Gasteiger partial charge in [-0.25, -0.2) is 11.3 Å². The Balaban J connectivity index is 0.000000560. The molecule has 5 unspecified atom stereocenters. The van der Waals surface area contributed by atoms with E-state index in [4.69, 9.17) is 34.3 Å². The summed E-state index contributed by atoms with van der Waals surface area (Å²) in [6.45, 7) is 3.00. The predicted octanol–water partition coefficient (Wildman–Crippen LogP) is -4.54. The number of hydrogen-bond donors (Lipinski definition) is 7. The Morgan fingerprint density at radius 2 is 1.20 bits per heavy atom. The van der Waals surface area contributed by atoms with Gasteiger partial charge in [-0.05, 0) is 12.8 Å². The molecule has 2 aliphatic heterocycles. The van der Waals surface area contributed by atoms with Crippen LogP contribution in [-0.4, -0.2) is 131 Å². The quantitative estimate of drug-likeness (QED) is 0.0146. The molecular weight excluding hydrogens is 692 g/mol. The number of aliphatic hydroxyl groups is 1. The van der Waals surface area contributed by atoms with E-state index in [9.17, 15) is 43.5 Å². The second-order valence-corrected chi connectivity index (χ2v) is 10.8. The van der Waals surface area contributed by atoms with Gasteiger partial charge in [-0.3, -0.25) is 49.2 Å². The first-order chi connectivity index (χ1) is 24.4. The predicted molar refractivity (Wildman–Crippen MR) is 164 cm³/mol. The average molecular weight is 739 g/mol. The van der Waals surface area contributed by atoms with E-state index in [0.29, 0.717) is 12.8 Å². The number of carbonyl (C=O) groups is 8. The molecule has 0 aromatic heterocycles. The van der Waals surface area contributed by atoms with Gasteiger partial charge in [-0.2, -0.15) is 0 Å². The average Bonchev–Trinajstić information content (AvgIpc) is 3.09. The summed E-state index contributed by atoms with van der Waals surface area (Å²) in [6, 6.07) is -1.69. The van der Waals surface area contributed by atoms with Crippen LogP contribution < -0.4 is 32.8 Å². The lowest BCUT2D eigenvalue weighted by Gasteiger charge is -2.45. The number of nitrogens with two attached hydrogens (primary N) is 1. The maximum absolute atomic E-state index is 12.1. The Morgan fingerprint density at radius 1 is 0.725 bits per heavy atom. The van der Waals surface area contributed by atoms with Crippen LogP contribution in [0.25, 0.3) is 0 Å². The fourth-order valence-electron chi connectivity index (χ4n) is 5.26. The summed E-state index contributed by atoms with van der Waals surface area (Å²) >= 11 is 0. The molecule has 10 atom stereocenters. The molecule has 2 fully saturated rings. The molecule has 0 saturated carbocycles. The van der Waals surface area contributed by atoms with Gasteiger partial charge < -0.3 is 53.6 Å². The normalized spacial score (nSPS) is 28.2. The first kappa shape index (κ1) is 44.5. The monoisotopic (exact) mass is 738 g/mol. The van der Waals surface area contributed by atoms with Gasteiger partial charge in [0.05, 0.1) is 31.2 Å². The van der Waals surface area contributed by atoms with Crippen molar-refractivity contribution in [1.29, 1.82) is 0 Å². The van der Waals surface area contributed by atoms with Crippen molar-refractivity contribution in [3.63, 3.8) is 0 Å². The number of aliphatic hydroxyl groups excluding tert-OH is 1. The number of carbonyl (C=O) groups excluding carboxylic acids is 8. The Kier molecular flexibility index (Phi) is 21.5. The second kappa shape index (κ2) is 24.6. The van der Waals surface area contributed by atoms with E-state index in [1.807, 2.05) is 5.43 Å². The molecule has 2 aliphatic rings. The summed E-state index contributed by atoms with van der Waals surface area (Å²) in [7, 11) is 2.68. The van der Waals surface area contributed by atoms with Crippen LogP contribution in [0.4, 0.5) is 0 Å². The molecule has 0 aliphatic carbocycles. The lowest BCUT2D eigenvalue weighted by Crippen LogP contribution is -2.68. The van der Waals surface area contributed by atoms with E-state index >= 15 is 0 Å². The molecule has 0 bridgehead atoms. The third-order valence-electron chi connectivity index (χ3n) is 7.44. The van der Waals surface area contributed by atoms with Crippen LogP contribution in [0.2, 0.25) is 0 Å². The zero-order chi connectivity index (χ0) is 38.3. The van der Waals surface area contributed by atoms with Crippen molar-refractivity contribution in [3.8, 4) is 0 Å². The van der Waals surface area contributed by atoms with Gasteiger partial charge in [0, 0.05) is 46.8 Å². The van der Waals surface area contributed by atoms with Gasteiger partial charge in [0.15, 0.2) is 6.29 Å². The van der Waals surface area contributed by atoms with Crippen LogP contribution in [0, 0.1) is 11.8 Å². The maximum atomic E-state index is 12.1. The van der Waals surface area contributed by atoms with E-state index in [2.05, 4.69) is 31.0 Å². The highest BCUT2D eigenvalue weighted by molar-refractivity contribution is 5.76. The number of ether oxygens (including phenoxy) is 8. The van der Waals surface area contributed by atoms with Gasteiger partial charge in [-0.15, -0.1) is 0 Å². The molecule has 23 nitrogen and oxygen atoms in total. The minimum Gasteiger partial charge on any atom is -0.467 e. The molecule has 2 heterocycles. The van der Waals surface area contributed by atoms with Crippen molar-refractivity contribution in [3.05, 3.63) is 0 Å². The smallest absolute Gasteiger partial charge is 0.295 e. The molecule has 23 heteroatoms. The minimum absolute atomic E-state index is 0.106. The molecule has 290 valence electrons. The maximum Gasteiger partial charge on any atom is 0.295 e. The lowest BCUT2D eigenvalue weighted by molar-refractivity contribution is -0.302. The van der Waals surface area contributed by atoms with Gasteiger partial charge >= 0.3 is 0 Å². The number of hydrogen-bond acceptors (Lipinski definition) is 19. The summed E-state index contributed by atoms with van der Waals surface area (Å²) in [4.78, 5) is 88.3. The Hall–Kier alpha value is -4.52. The number of hydrazine groups is 2. The van der Waals surface area contributed by atoms with Gasteiger partial charge in [0.2, 0.25) is 36.2 Å². The fourth-order valence-corrected chi connectivity index (χ4v) is 5.26. The molecule has 4 amide bonds. The van der Waals surface area contributed by atoms with Crippen LogP contribution >= 0.6 is 0 Å². The molecule has 51 heavy (non-hydrogen) atoms. The van der Waals surface area contributed by atoms with Crippen LogP contribution in [0.15, 0.2) is 0 Å². The minimum atomic E-state index is -1.43. The molecule has 8 N–H and O–H groups in total. The lowest BCUT2D eigenvalue weighted by atomic mass is 9.89. The van der Waals surface area contributed by atoms with Crippen LogP contribution in [0.5, 0.6) is 0 Å². The number of unbranched alkanes of at least 4 members (excludes halogenated alkanes) is 1. The number of nitrogens with one attached hydrogen (secondary N) is 5. The largest absolute Gasteiger partial charge is 0.467 e. The highest BCUT2D eigenvalue weighted by Crippen LogP contribution is 2.29. The van der Waals surface area contributed by atoms with E-state index in [1.165, 1.54) is 28.1 Å². The molecule has 0 radical (unpaired) electrons. The number of amides is 4. The summed E-state index contributed by atoms with van der Waals surface area (Å²) in [6.07, 6.45) is -5.35. The summed E-state index contributed by atoms with van der Waals surface area (Å²) in [5.74, 6) is 2.11. The van der Waals surface area contributed by atoms with Gasteiger partial charge in [0.1, 0.15) is 18.4 Å². The van der Waals surface area contributed by atoms with Crippen LogP contribution in [0.1, 0.15) is 39.5 Å².